The molecule has 3 rings (SSSR count). The summed E-state index contributed by atoms with van der Waals surface area (Å²) in [5.74, 6) is 0.491. The highest BCUT2D eigenvalue weighted by Crippen LogP contribution is 2.36. The second-order valence-corrected chi connectivity index (χ2v) is 9.68. The second-order valence-electron chi connectivity index (χ2n) is 9.68. The monoisotopic (exact) mass is 399 g/mol. The lowest BCUT2D eigenvalue weighted by atomic mass is 9.77. The number of nitrogens with zero attached hydrogens (tertiary/aromatic N) is 2. The summed E-state index contributed by atoms with van der Waals surface area (Å²) in [6.07, 6.45) is 9.54. The molecule has 0 saturated carbocycles. The third-order valence-electron chi connectivity index (χ3n) is 6.90. The number of hydrogen-bond acceptors (Lipinski definition) is 2. The summed E-state index contributed by atoms with van der Waals surface area (Å²) in [7, 11) is 0. The molecule has 162 valence electrons. The molecule has 2 atom stereocenters. The standard InChI is InChI=1S/C25H41N3O/c1-4-5-10-15-26-24(29)28-20-22(18-21-13-8-6-9-14-21)23(19-25(28,2)3)27-16-11-7-12-17-27/h6,8-9,13-14,22-23H,4-5,7,10-12,15-20H2,1-3H3,(H,26,29). The molecule has 2 aliphatic rings. The molecule has 1 aromatic carbocycles. The Morgan fingerprint density at radius 2 is 1.83 bits per heavy atom. The van der Waals surface area contributed by atoms with Crippen LogP contribution in [-0.4, -0.2) is 53.6 Å². The van der Waals surface area contributed by atoms with Crippen LogP contribution < -0.4 is 5.32 Å². The first-order valence-electron chi connectivity index (χ1n) is 11.8. The normalized spacial score (nSPS) is 25.0. The van der Waals surface area contributed by atoms with Crippen molar-refractivity contribution in [1.82, 2.24) is 15.1 Å². The lowest BCUT2D eigenvalue weighted by Gasteiger charge is -2.53. The molecule has 4 nitrogen and oxygen atoms in total. The Morgan fingerprint density at radius 1 is 1.10 bits per heavy atom. The van der Waals surface area contributed by atoms with Crippen LogP contribution in [0, 0.1) is 5.92 Å². The Hall–Kier alpha value is -1.55. The Balaban J connectivity index is 1.73. The first-order valence-corrected chi connectivity index (χ1v) is 11.8. The fourth-order valence-corrected chi connectivity index (χ4v) is 5.21. The summed E-state index contributed by atoms with van der Waals surface area (Å²) in [4.78, 5) is 17.9. The summed E-state index contributed by atoms with van der Waals surface area (Å²) in [5, 5.41) is 3.19. The number of unbranched alkanes of at least 4 members (excludes halogenated alkanes) is 2. The summed E-state index contributed by atoms with van der Waals surface area (Å²) in [6.45, 7) is 10.8. The van der Waals surface area contributed by atoms with E-state index in [1.165, 1.54) is 50.8 Å². The Bertz CT molecular complexity index is 624. The number of amides is 2. The van der Waals surface area contributed by atoms with Gasteiger partial charge in [-0.2, -0.15) is 0 Å². The number of carbonyl (C=O) groups is 1. The van der Waals surface area contributed by atoms with Crippen molar-refractivity contribution in [2.45, 2.75) is 83.7 Å². The maximum atomic E-state index is 13.1. The number of urea groups is 1. The van der Waals surface area contributed by atoms with E-state index >= 15 is 0 Å². The number of rotatable bonds is 7. The molecule has 2 heterocycles. The smallest absolute Gasteiger partial charge is 0.317 e. The first-order chi connectivity index (χ1) is 14.0. The average molecular weight is 400 g/mol. The zero-order valence-corrected chi connectivity index (χ0v) is 18.8. The molecule has 4 heteroatoms. The van der Waals surface area contributed by atoms with Gasteiger partial charge in [0.2, 0.25) is 0 Å². The number of carbonyl (C=O) groups excluding carboxylic acids is 1. The van der Waals surface area contributed by atoms with E-state index in [-0.39, 0.29) is 11.6 Å². The summed E-state index contributed by atoms with van der Waals surface area (Å²) in [6, 6.07) is 11.5. The molecule has 1 aromatic rings. The Labute approximate surface area is 178 Å². The Kier molecular flexibility index (Phi) is 7.99. The SMILES string of the molecule is CCCCCNC(=O)N1CC(Cc2ccccc2)C(N2CCCCC2)CC1(C)C. The van der Waals surface area contributed by atoms with Crippen molar-refractivity contribution in [3.63, 3.8) is 0 Å². The minimum absolute atomic E-state index is 0.107. The summed E-state index contributed by atoms with van der Waals surface area (Å²) in [5.41, 5.74) is 1.28. The van der Waals surface area contributed by atoms with Gasteiger partial charge in [-0.15, -0.1) is 0 Å². The van der Waals surface area contributed by atoms with E-state index in [1.807, 2.05) is 0 Å². The number of piperidine rings is 2. The molecule has 0 spiro atoms. The topological polar surface area (TPSA) is 35.6 Å². The van der Waals surface area contributed by atoms with Crippen LogP contribution in [0.15, 0.2) is 30.3 Å². The van der Waals surface area contributed by atoms with Crippen molar-refractivity contribution in [2.24, 2.45) is 5.92 Å². The highest BCUT2D eigenvalue weighted by molar-refractivity contribution is 5.75. The van der Waals surface area contributed by atoms with Crippen LogP contribution in [-0.2, 0) is 6.42 Å². The highest BCUT2D eigenvalue weighted by atomic mass is 16.2. The van der Waals surface area contributed by atoms with Crippen LogP contribution in [0.1, 0.15) is 71.3 Å². The van der Waals surface area contributed by atoms with Gasteiger partial charge in [0.05, 0.1) is 0 Å². The van der Waals surface area contributed by atoms with Crippen LogP contribution in [0.5, 0.6) is 0 Å². The number of hydrogen-bond donors (Lipinski definition) is 1. The third-order valence-corrected chi connectivity index (χ3v) is 6.90. The quantitative estimate of drug-likeness (QED) is 0.649. The zero-order valence-electron chi connectivity index (χ0n) is 18.8. The van der Waals surface area contributed by atoms with Gasteiger partial charge in [-0.3, -0.25) is 4.90 Å². The molecular weight excluding hydrogens is 358 g/mol. The van der Waals surface area contributed by atoms with Gasteiger partial charge in [-0.05, 0) is 70.5 Å². The lowest BCUT2D eigenvalue weighted by Crippen LogP contribution is -2.63. The molecule has 1 N–H and O–H groups in total. The molecule has 29 heavy (non-hydrogen) atoms. The van der Waals surface area contributed by atoms with Crippen LogP contribution in [0.25, 0.3) is 0 Å². The van der Waals surface area contributed by atoms with Gasteiger partial charge < -0.3 is 10.2 Å². The molecule has 0 bridgehead atoms. The van der Waals surface area contributed by atoms with E-state index < -0.39 is 0 Å². The summed E-state index contributed by atoms with van der Waals surface area (Å²) < 4.78 is 0. The molecule has 0 aliphatic carbocycles. The average Bonchev–Trinajstić information content (AvgIpc) is 2.73. The predicted molar refractivity (Wildman–Crippen MR) is 121 cm³/mol. The molecule has 2 fully saturated rings. The van der Waals surface area contributed by atoms with Gasteiger partial charge in [0, 0.05) is 24.7 Å². The van der Waals surface area contributed by atoms with E-state index in [9.17, 15) is 4.79 Å². The van der Waals surface area contributed by atoms with Gasteiger partial charge in [0.1, 0.15) is 0 Å². The van der Waals surface area contributed by atoms with Crippen molar-refractivity contribution >= 4 is 6.03 Å². The first kappa shape index (κ1) is 22.1. The highest BCUT2D eigenvalue weighted by Gasteiger charge is 2.44. The van der Waals surface area contributed by atoms with Gasteiger partial charge in [0.15, 0.2) is 0 Å². The summed E-state index contributed by atoms with van der Waals surface area (Å²) >= 11 is 0. The van der Waals surface area contributed by atoms with Gasteiger partial charge in [-0.1, -0.05) is 56.5 Å². The van der Waals surface area contributed by atoms with Gasteiger partial charge >= 0.3 is 6.03 Å². The molecule has 0 aromatic heterocycles. The molecule has 2 saturated heterocycles. The van der Waals surface area contributed by atoms with Crippen molar-refractivity contribution in [3.8, 4) is 0 Å². The van der Waals surface area contributed by atoms with E-state index in [0.717, 1.165) is 32.4 Å². The zero-order chi connectivity index (χ0) is 20.7. The maximum absolute atomic E-state index is 13.1. The maximum Gasteiger partial charge on any atom is 0.317 e. The van der Waals surface area contributed by atoms with Crippen LogP contribution in [0.4, 0.5) is 4.79 Å². The minimum atomic E-state index is -0.107. The fraction of sp³-hybridized carbons (Fsp3) is 0.720. The van der Waals surface area contributed by atoms with E-state index in [0.29, 0.717) is 12.0 Å². The molecule has 2 amide bonds. The van der Waals surface area contributed by atoms with Gasteiger partial charge in [0.25, 0.3) is 0 Å². The minimum Gasteiger partial charge on any atom is -0.338 e. The number of nitrogens with one attached hydrogen (secondary N) is 1. The second kappa shape index (κ2) is 10.5. The van der Waals surface area contributed by atoms with Crippen molar-refractivity contribution in [3.05, 3.63) is 35.9 Å². The molecular formula is C25H41N3O. The van der Waals surface area contributed by atoms with Crippen molar-refractivity contribution in [2.75, 3.05) is 26.2 Å². The molecule has 2 unspecified atom stereocenters. The number of likely N-dealkylation sites (tertiary alicyclic amines) is 2. The number of benzene rings is 1. The third kappa shape index (κ3) is 5.97. The van der Waals surface area contributed by atoms with Crippen molar-refractivity contribution in [1.29, 1.82) is 0 Å². The Morgan fingerprint density at radius 3 is 2.52 bits per heavy atom. The fourth-order valence-electron chi connectivity index (χ4n) is 5.21. The van der Waals surface area contributed by atoms with E-state index in [2.05, 4.69) is 66.2 Å². The van der Waals surface area contributed by atoms with Crippen LogP contribution in [0.2, 0.25) is 0 Å². The van der Waals surface area contributed by atoms with Gasteiger partial charge in [-0.25, -0.2) is 4.79 Å². The predicted octanol–water partition coefficient (Wildman–Crippen LogP) is 5.08. The van der Waals surface area contributed by atoms with Crippen LogP contribution >= 0.6 is 0 Å². The van der Waals surface area contributed by atoms with Crippen molar-refractivity contribution < 1.29 is 4.79 Å². The van der Waals surface area contributed by atoms with E-state index in [1.54, 1.807) is 0 Å². The lowest BCUT2D eigenvalue weighted by molar-refractivity contribution is -0.00412. The van der Waals surface area contributed by atoms with E-state index in [4.69, 9.17) is 0 Å². The van der Waals surface area contributed by atoms with Crippen LogP contribution in [0.3, 0.4) is 0 Å². The largest absolute Gasteiger partial charge is 0.338 e. The molecule has 2 aliphatic heterocycles. The molecule has 0 radical (unpaired) electrons.